The molecule has 0 saturated heterocycles. The van der Waals surface area contributed by atoms with Gasteiger partial charge in [-0.1, -0.05) is 0 Å². The molecule has 91 valence electrons. The third kappa shape index (κ3) is 5.05. The summed E-state index contributed by atoms with van der Waals surface area (Å²) in [6.45, 7) is 3.34. The summed E-state index contributed by atoms with van der Waals surface area (Å²) in [5.41, 5.74) is 0. The molecule has 0 amide bonds. The summed E-state index contributed by atoms with van der Waals surface area (Å²) in [6.07, 6.45) is -0.638. The number of rotatable bonds is 8. The van der Waals surface area contributed by atoms with Crippen LogP contribution in [0.1, 0.15) is 12.8 Å². The van der Waals surface area contributed by atoms with E-state index in [-0.39, 0.29) is 0 Å². The predicted octanol–water partition coefficient (Wildman–Crippen LogP) is 0.201. The van der Waals surface area contributed by atoms with Crippen LogP contribution in [0.15, 0.2) is 0 Å². The molecule has 0 aromatic carbocycles. The summed E-state index contributed by atoms with van der Waals surface area (Å²) in [5.74, 6) is 0. The molecule has 0 aromatic heterocycles. The van der Waals surface area contributed by atoms with Crippen molar-refractivity contribution in [1.82, 2.24) is 0 Å². The Morgan fingerprint density at radius 1 is 1.13 bits per heavy atom. The maximum absolute atomic E-state index is 9.32. The van der Waals surface area contributed by atoms with E-state index in [0.29, 0.717) is 18.9 Å². The Bertz CT molecular complexity index is 152. The van der Waals surface area contributed by atoms with Crippen molar-refractivity contribution in [3.05, 3.63) is 6.92 Å². The third-order valence-corrected chi connectivity index (χ3v) is 5.19. The summed E-state index contributed by atoms with van der Waals surface area (Å²) in [7, 11) is 2.11. The van der Waals surface area contributed by atoms with Gasteiger partial charge in [0.05, 0.1) is 12.2 Å². The molecule has 0 aliphatic heterocycles. The number of hydrogen-bond acceptors (Lipinski definition) is 5. The largest absolute Gasteiger partial charge is 0.500 e. The first-order chi connectivity index (χ1) is 7.01. The first-order valence-electron chi connectivity index (χ1n) is 4.86. The van der Waals surface area contributed by atoms with Gasteiger partial charge in [-0.3, -0.25) is 0 Å². The van der Waals surface area contributed by atoms with E-state index in [1.54, 1.807) is 21.3 Å². The van der Waals surface area contributed by atoms with Gasteiger partial charge in [-0.05, 0) is 19.8 Å². The van der Waals surface area contributed by atoms with Crippen molar-refractivity contribution in [3.8, 4) is 0 Å². The second-order valence-electron chi connectivity index (χ2n) is 3.32. The van der Waals surface area contributed by atoms with Crippen molar-refractivity contribution in [3.63, 3.8) is 0 Å². The van der Waals surface area contributed by atoms with Crippen molar-refractivity contribution in [2.45, 2.75) is 31.1 Å². The van der Waals surface area contributed by atoms with Crippen molar-refractivity contribution in [2.75, 3.05) is 21.3 Å². The first kappa shape index (κ1) is 15.0. The predicted molar refractivity (Wildman–Crippen MR) is 58.2 cm³/mol. The minimum atomic E-state index is -2.53. The van der Waals surface area contributed by atoms with Crippen molar-refractivity contribution < 1.29 is 23.5 Å². The van der Waals surface area contributed by atoms with Gasteiger partial charge in [0, 0.05) is 27.4 Å². The van der Waals surface area contributed by atoms with Gasteiger partial charge in [0.15, 0.2) is 0 Å². The van der Waals surface area contributed by atoms with Gasteiger partial charge in [0.2, 0.25) is 0 Å². The molecule has 2 unspecified atom stereocenters. The minimum absolute atomic E-state index is 0.454. The highest BCUT2D eigenvalue weighted by Crippen LogP contribution is 2.17. The van der Waals surface area contributed by atoms with Crippen LogP contribution < -0.4 is 0 Å². The average Bonchev–Trinajstić information content (AvgIpc) is 2.24. The van der Waals surface area contributed by atoms with Crippen LogP contribution in [0.5, 0.6) is 0 Å². The van der Waals surface area contributed by atoms with Crippen molar-refractivity contribution in [1.29, 1.82) is 0 Å². The highest BCUT2D eigenvalue weighted by Gasteiger charge is 2.37. The topological polar surface area (TPSA) is 68.2 Å². The maximum atomic E-state index is 9.32. The van der Waals surface area contributed by atoms with E-state index in [4.69, 9.17) is 18.4 Å². The summed E-state index contributed by atoms with van der Waals surface area (Å²) in [6, 6.07) is 0.611. The Kier molecular flexibility index (Phi) is 7.32. The molecule has 0 fully saturated rings. The van der Waals surface area contributed by atoms with E-state index in [0.717, 1.165) is 0 Å². The SMILES string of the molecule is [CH2]C(O)C(O)CCC[Si](OC)(OC)OC. The normalized spacial score (nSPS) is 16.4. The molecular formula is C9H21O5Si. The Hall–Kier alpha value is 0.0169. The van der Waals surface area contributed by atoms with Gasteiger partial charge in [0.25, 0.3) is 0 Å². The molecule has 6 heteroatoms. The standard InChI is InChI=1S/C9H21O5Si/c1-8(10)9(11)6-5-7-15(12-2,13-3)14-4/h8-11H,1,5-7H2,2-4H3. The zero-order valence-electron chi connectivity index (χ0n) is 9.60. The summed E-state index contributed by atoms with van der Waals surface area (Å²) >= 11 is 0. The quantitative estimate of drug-likeness (QED) is 0.590. The zero-order valence-corrected chi connectivity index (χ0v) is 10.6. The van der Waals surface area contributed by atoms with E-state index >= 15 is 0 Å². The second-order valence-corrected chi connectivity index (χ2v) is 6.41. The molecule has 2 N–H and O–H groups in total. The van der Waals surface area contributed by atoms with Gasteiger partial charge in [-0.25, -0.2) is 0 Å². The van der Waals surface area contributed by atoms with Crippen LogP contribution in [0.4, 0.5) is 0 Å². The van der Waals surface area contributed by atoms with Crippen LogP contribution in [0, 0.1) is 6.92 Å². The number of hydrogen-bond donors (Lipinski definition) is 2. The minimum Gasteiger partial charge on any atom is -0.390 e. The highest BCUT2D eigenvalue weighted by molar-refractivity contribution is 6.60. The van der Waals surface area contributed by atoms with Gasteiger partial charge in [0.1, 0.15) is 0 Å². The summed E-state index contributed by atoms with van der Waals surface area (Å²) in [5, 5.41) is 18.3. The monoisotopic (exact) mass is 237 g/mol. The Labute approximate surface area is 92.3 Å². The van der Waals surface area contributed by atoms with Crippen LogP contribution >= 0.6 is 0 Å². The van der Waals surface area contributed by atoms with Gasteiger partial charge in [-0.2, -0.15) is 0 Å². The number of aliphatic hydroxyl groups is 2. The van der Waals surface area contributed by atoms with Gasteiger partial charge in [-0.15, -0.1) is 0 Å². The zero-order chi connectivity index (χ0) is 11.9. The number of aliphatic hydroxyl groups excluding tert-OH is 2. The van der Waals surface area contributed by atoms with Crippen molar-refractivity contribution in [2.24, 2.45) is 0 Å². The fraction of sp³-hybridized carbons (Fsp3) is 0.889. The summed E-state index contributed by atoms with van der Waals surface area (Å²) < 4.78 is 15.6. The molecule has 0 bridgehead atoms. The smallest absolute Gasteiger partial charge is 0.390 e. The molecule has 0 saturated carbocycles. The lowest BCUT2D eigenvalue weighted by Gasteiger charge is -2.24. The Morgan fingerprint density at radius 3 is 1.93 bits per heavy atom. The molecule has 0 aliphatic rings. The molecule has 0 aromatic rings. The molecule has 2 atom stereocenters. The molecule has 15 heavy (non-hydrogen) atoms. The van der Waals surface area contributed by atoms with E-state index in [2.05, 4.69) is 6.92 Å². The fourth-order valence-electron chi connectivity index (χ4n) is 1.28. The van der Waals surface area contributed by atoms with E-state index in [1.165, 1.54) is 0 Å². The van der Waals surface area contributed by atoms with Crippen LogP contribution in [-0.4, -0.2) is 52.6 Å². The van der Waals surface area contributed by atoms with E-state index < -0.39 is 21.0 Å². The van der Waals surface area contributed by atoms with Crippen LogP contribution in [0.2, 0.25) is 6.04 Å². The Balaban J connectivity index is 3.91. The third-order valence-electron chi connectivity index (χ3n) is 2.36. The average molecular weight is 237 g/mol. The molecule has 0 spiro atoms. The highest BCUT2D eigenvalue weighted by atomic mass is 28.4. The molecule has 0 rings (SSSR count). The Morgan fingerprint density at radius 2 is 1.60 bits per heavy atom. The van der Waals surface area contributed by atoms with Gasteiger partial charge >= 0.3 is 8.80 Å². The fourth-order valence-corrected chi connectivity index (χ4v) is 3.03. The second kappa shape index (κ2) is 7.32. The van der Waals surface area contributed by atoms with E-state index in [9.17, 15) is 5.11 Å². The first-order valence-corrected chi connectivity index (χ1v) is 6.79. The lowest BCUT2D eigenvalue weighted by molar-refractivity contribution is 0.0395. The van der Waals surface area contributed by atoms with E-state index in [1.807, 2.05) is 0 Å². The van der Waals surface area contributed by atoms with Crippen LogP contribution in [-0.2, 0) is 13.3 Å². The molecule has 1 radical (unpaired) electrons. The molecule has 0 heterocycles. The summed E-state index contributed by atoms with van der Waals surface area (Å²) in [4.78, 5) is 0. The maximum Gasteiger partial charge on any atom is 0.500 e. The van der Waals surface area contributed by atoms with Crippen molar-refractivity contribution >= 4 is 8.80 Å². The van der Waals surface area contributed by atoms with Gasteiger partial charge < -0.3 is 23.5 Å². The van der Waals surface area contributed by atoms with Crippen LogP contribution in [0.3, 0.4) is 0 Å². The molecule has 0 aliphatic carbocycles. The molecular weight excluding hydrogens is 216 g/mol. The lowest BCUT2D eigenvalue weighted by Crippen LogP contribution is -2.42. The lowest BCUT2D eigenvalue weighted by atomic mass is 10.1. The van der Waals surface area contributed by atoms with Crippen LogP contribution in [0.25, 0.3) is 0 Å². The molecule has 5 nitrogen and oxygen atoms in total.